The normalized spacial score (nSPS) is 16.8. The van der Waals surface area contributed by atoms with Crippen molar-refractivity contribution in [3.05, 3.63) is 101 Å². The quantitative estimate of drug-likeness (QED) is 0.103. The van der Waals surface area contributed by atoms with E-state index in [0.717, 1.165) is 96.5 Å². The minimum atomic E-state index is -0.444. The second-order valence-electron chi connectivity index (χ2n) is 19.3. The van der Waals surface area contributed by atoms with Crippen LogP contribution in [0.4, 0.5) is 17.3 Å². The first-order valence-corrected chi connectivity index (χ1v) is 26.6. The number of aliphatic imine (C=N–C) groups is 1. The van der Waals surface area contributed by atoms with Crippen molar-refractivity contribution >= 4 is 118 Å². The van der Waals surface area contributed by atoms with Gasteiger partial charge in [-0.05, 0) is 169 Å². The van der Waals surface area contributed by atoms with Gasteiger partial charge in [0.1, 0.15) is 11.6 Å². The van der Waals surface area contributed by atoms with Crippen molar-refractivity contribution in [2.24, 2.45) is 22.7 Å². The lowest BCUT2D eigenvalue weighted by molar-refractivity contribution is -0.115. The molecule has 0 spiro atoms. The third-order valence-corrected chi connectivity index (χ3v) is 14.4. The van der Waals surface area contributed by atoms with Crippen molar-refractivity contribution in [3.63, 3.8) is 0 Å². The van der Waals surface area contributed by atoms with Gasteiger partial charge in [0, 0.05) is 90.4 Å². The van der Waals surface area contributed by atoms with Gasteiger partial charge >= 0.3 is 7.12 Å². The average Bonchev–Trinajstić information content (AvgIpc) is 4.30. The number of alkyl halides is 1. The summed E-state index contributed by atoms with van der Waals surface area (Å²) in [6, 6.07) is 13.5. The summed E-state index contributed by atoms with van der Waals surface area (Å²) >= 11 is 10.1. The van der Waals surface area contributed by atoms with Gasteiger partial charge < -0.3 is 29.1 Å². The van der Waals surface area contributed by atoms with E-state index in [1.165, 1.54) is 57.7 Å². The zero-order valence-corrected chi connectivity index (χ0v) is 45.5. The Hall–Kier alpha value is -5.28. The van der Waals surface area contributed by atoms with Gasteiger partial charge in [0.15, 0.2) is 11.3 Å². The minimum Gasteiger partial charge on any atom is -0.399 e. The Morgan fingerprint density at radius 3 is 1.76 bits per heavy atom. The van der Waals surface area contributed by atoms with E-state index in [-0.39, 0.29) is 23.0 Å². The van der Waals surface area contributed by atoms with Crippen LogP contribution in [-0.2, 0) is 38.4 Å². The zero-order chi connectivity index (χ0) is 50.3. The van der Waals surface area contributed by atoms with Crippen molar-refractivity contribution in [3.8, 4) is 11.1 Å². The molecule has 2 aliphatic heterocycles. The number of rotatable bonds is 9. The van der Waals surface area contributed by atoms with E-state index in [2.05, 4.69) is 120 Å². The SMILES string of the molecule is BrCC1CC1.Brc1cnc2c(c1)N=CC2.Brc1cnc2ncn(CC3CC3)c2c1.CC(=O)Nc1cc(-c2cnc3ncn(CC4CC4)c3c2)ccn1.CC(=O)Nc1cc(B2OC(C)(C)C(C)(C)O2)ccn1. The van der Waals surface area contributed by atoms with E-state index in [0.29, 0.717) is 11.6 Å². The molecular formula is C51H58BBr3N12O4. The number of imidazole rings is 2. The highest BCUT2D eigenvalue weighted by atomic mass is 79.9. The number of aromatic nitrogens is 9. The molecule has 4 fully saturated rings. The number of carbonyl (C=O) groups is 2. The summed E-state index contributed by atoms with van der Waals surface area (Å²) in [5.74, 6) is 3.45. The molecule has 71 heavy (non-hydrogen) atoms. The molecule has 370 valence electrons. The highest BCUT2D eigenvalue weighted by molar-refractivity contribution is 9.10. The van der Waals surface area contributed by atoms with E-state index in [9.17, 15) is 9.59 Å². The van der Waals surface area contributed by atoms with Crippen LogP contribution in [-0.4, -0.2) is 85.7 Å². The third kappa shape index (κ3) is 14.7. The maximum Gasteiger partial charge on any atom is 0.495 e. The van der Waals surface area contributed by atoms with Crippen LogP contribution in [0.2, 0.25) is 0 Å². The molecule has 0 atom stereocenters. The van der Waals surface area contributed by atoms with Crippen LogP contribution in [0.5, 0.6) is 0 Å². The molecule has 9 heterocycles. The van der Waals surface area contributed by atoms with Gasteiger partial charge in [-0.15, -0.1) is 0 Å². The molecule has 2 N–H and O–H groups in total. The molecule has 0 aromatic carbocycles. The highest BCUT2D eigenvalue weighted by Gasteiger charge is 2.51. The molecule has 1 saturated heterocycles. The van der Waals surface area contributed by atoms with Crippen molar-refractivity contribution in [1.82, 2.24) is 44.0 Å². The number of hydrogen-bond acceptors (Lipinski definition) is 12. The summed E-state index contributed by atoms with van der Waals surface area (Å²) in [7, 11) is -0.444. The molecule has 16 nitrogen and oxygen atoms in total. The van der Waals surface area contributed by atoms with Crippen LogP contribution in [0.1, 0.15) is 85.8 Å². The Morgan fingerprint density at radius 2 is 1.20 bits per heavy atom. The Labute approximate surface area is 439 Å². The van der Waals surface area contributed by atoms with Crippen LogP contribution < -0.4 is 16.1 Å². The fraction of sp³-hybridized carbons (Fsp3) is 0.412. The lowest BCUT2D eigenvalue weighted by Gasteiger charge is -2.32. The largest absolute Gasteiger partial charge is 0.495 e. The number of carbonyl (C=O) groups excluding carboxylic acids is 2. The predicted molar refractivity (Wildman–Crippen MR) is 290 cm³/mol. The zero-order valence-electron chi connectivity index (χ0n) is 40.8. The van der Waals surface area contributed by atoms with Crippen LogP contribution in [0.3, 0.4) is 0 Å². The second kappa shape index (κ2) is 23.1. The van der Waals surface area contributed by atoms with Gasteiger partial charge in [-0.25, -0.2) is 29.9 Å². The molecule has 7 aromatic rings. The van der Waals surface area contributed by atoms with Gasteiger partial charge in [0.2, 0.25) is 11.8 Å². The lowest BCUT2D eigenvalue weighted by Crippen LogP contribution is -2.41. The fourth-order valence-electron chi connectivity index (χ4n) is 7.38. The predicted octanol–water partition coefficient (Wildman–Crippen LogP) is 10.7. The first kappa shape index (κ1) is 52.1. The number of fused-ring (bicyclic) bond motifs is 3. The first-order valence-electron chi connectivity index (χ1n) is 23.9. The number of nitrogens with one attached hydrogen (secondary N) is 2. The lowest BCUT2D eigenvalue weighted by atomic mass is 9.80. The third-order valence-electron chi connectivity index (χ3n) is 12.6. The molecule has 2 amide bonds. The van der Waals surface area contributed by atoms with Gasteiger partial charge in [-0.3, -0.25) is 19.6 Å². The fourth-order valence-corrected chi connectivity index (χ4v) is 8.66. The maximum atomic E-state index is 11.2. The summed E-state index contributed by atoms with van der Waals surface area (Å²) in [5.41, 5.74) is 7.90. The summed E-state index contributed by atoms with van der Waals surface area (Å²) in [4.78, 5) is 56.1. The van der Waals surface area contributed by atoms with Gasteiger partial charge in [0.05, 0.1) is 46.3 Å². The first-order chi connectivity index (χ1) is 34.0. The Morgan fingerprint density at radius 1 is 0.662 bits per heavy atom. The van der Waals surface area contributed by atoms with Gasteiger partial charge in [0.25, 0.3) is 0 Å². The average molecular weight is 1150 g/mol. The van der Waals surface area contributed by atoms with E-state index < -0.39 is 7.12 Å². The molecule has 5 aliphatic rings. The molecule has 12 rings (SSSR count). The van der Waals surface area contributed by atoms with Crippen LogP contribution in [0.15, 0.2) is 100 Å². The number of nitrogens with zero attached hydrogens (tertiary/aromatic N) is 10. The Kier molecular flexibility index (Phi) is 16.9. The van der Waals surface area contributed by atoms with Crippen LogP contribution in [0, 0.1) is 17.8 Å². The number of anilines is 2. The number of hydrogen-bond donors (Lipinski definition) is 2. The van der Waals surface area contributed by atoms with E-state index >= 15 is 0 Å². The summed E-state index contributed by atoms with van der Waals surface area (Å²) < 4.78 is 18.3. The van der Waals surface area contributed by atoms with Gasteiger partial charge in [-0.1, -0.05) is 15.9 Å². The minimum absolute atomic E-state index is 0.134. The molecule has 0 unspecified atom stereocenters. The molecule has 20 heteroatoms. The molecular weight excluding hydrogens is 1100 g/mol. The van der Waals surface area contributed by atoms with Crippen molar-refractivity contribution in [2.75, 3.05) is 16.0 Å². The summed E-state index contributed by atoms with van der Waals surface area (Å²) in [5, 5.41) is 6.58. The molecule has 0 bridgehead atoms. The maximum absolute atomic E-state index is 11.2. The van der Waals surface area contributed by atoms with Gasteiger partial charge in [-0.2, -0.15) is 0 Å². The number of amides is 2. The van der Waals surface area contributed by atoms with Crippen molar-refractivity contribution in [1.29, 1.82) is 0 Å². The monoisotopic (exact) mass is 1150 g/mol. The number of halogens is 3. The topological polar surface area (TPSA) is 189 Å². The Bertz CT molecular complexity index is 3010. The molecule has 0 radical (unpaired) electrons. The number of pyridine rings is 5. The molecule has 3 aliphatic carbocycles. The molecule has 3 saturated carbocycles. The van der Waals surface area contributed by atoms with Crippen molar-refractivity contribution in [2.45, 2.75) is 111 Å². The summed E-state index contributed by atoms with van der Waals surface area (Å²) in [6.45, 7) is 13.0. The van der Waals surface area contributed by atoms with Crippen LogP contribution in [0.25, 0.3) is 33.5 Å². The molecule has 7 aromatic heterocycles. The van der Waals surface area contributed by atoms with E-state index in [4.69, 9.17) is 9.31 Å². The highest BCUT2D eigenvalue weighted by Crippen LogP contribution is 2.37. The van der Waals surface area contributed by atoms with Crippen LogP contribution >= 0.6 is 47.8 Å². The second-order valence-corrected chi connectivity index (χ2v) is 21.8. The van der Waals surface area contributed by atoms with Crippen molar-refractivity contribution < 1.29 is 18.9 Å². The van der Waals surface area contributed by atoms with E-state index in [1.54, 1.807) is 30.9 Å². The summed E-state index contributed by atoms with van der Waals surface area (Å²) in [6.07, 6.45) is 23.5. The Balaban J connectivity index is 0.000000127. The standard InChI is InChI=1S/C17H17N5O.C13H19BN2O3.C10H10BrN3.C7H5BrN2.C4H7Br/c1-11(23)21-16-7-13(4-5-18-16)14-6-15-17(19-8-14)20-10-22(15)9-12-2-3-12;1-9(17)16-11-8-10(6-7-15-11)14-18-12(2,3)13(4,5)19-14;11-8-3-9-10(12-4-8)13-6-14(9)5-7-1-2-7;8-5-3-7-6(10-4-5)1-2-9-7;5-3-4-1-2-4/h4-8,10,12H,2-3,9H2,1H3,(H,18,21,23);6-8H,1-5H3,(H,15,16,17);3-4,6-7H,1-2,5H2;2-4H,1H2;4H,1-3H2. The smallest absolute Gasteiger partial charge is 0.399 e. The van der Waals surface area contributed by atoms with E-state index in [1.807, 2.05) is 77.0 Å².